The molecule has 60 heavy (non-hydrogen) atoms. The van der Waals surface area contributed by atoms with Crippen LogP contribution in [0, 0.1) is 0 Å². The van der Waals surface area contributed by atoms with Crippen LogP contribution in [0.3, 0.4) is 0 Å². The number of benzene rings is 9. The van der Waals surface area contributed by atoms with Crippen molar-refractivity contribution in [1.82, 2.24) is 9.55 Å². The van der Waals surface area contributed by atoms with Gasteiger partial charge in [0.25, 0.3) is 0 Å². The van der Waals surface area contributed by atoms with Gasteiger partial charge in [-0.25, -0.2) is 4.98 Å². The largest absolute Gasteiger partial charge is 0.434 e. The zero-order valence-electron chi connectivity index (χ0n) is 33.3. The predicted molar refractivity (Wildman–Crippen MR) is 249 cm³/mol. The second-order valence-electron chi connectivity index (χ2n) is 16.3. The van der Waals surface area contributed by atoms with E-state index in [2.05, 4.69) is 187 Å². The van der Waals surface area contributed by atoms with Crippen LogP contribution in [0.15, 0.2) is 205 Å². The highest BCUT2D eigenvalue weighted by Crippen LogP contribution is 2.50. The summed E-state index contributed by atoms with van der Waals surface area (Å²) in [5.41, 5.74) is 16.7. The third-order valence-electron chi connectivity index (χ3n) is 12.6. The molecule has 0 spiro atoms. The second kappa shape index (κ2) is 13.2. The molecule has 1 aliphatic carbocycles. The number of hydrogen-bond donors (Lipinski definition) is 0. The Morgan fingerprint density at radius 1 is 0.483 bits per heavy atom. The van der Waals surface area contributed by atoms with E-state index in [1.54, 1.807) is 0 Å². The van der Waals surface area contributed by atoms with Crippen LogP contribution in [0.1, 0.15) is 25.0 Å². The Morgan fingerprint density at radius 3 is 1.98 bits per heavy atom. The van der Waals surface area contributed by atoms with E-state index < -0.39 is 0 Å². The highest BCUT2D eigenvalue weighted by Gasteiger charge is 2.35. The maximum atomic E-state index is 6.71. The Morgan fingerprint density at radius 2 is 1.15 bits per heavy atom. The van der Waals surface area contributed by atoms with E-state index in [1.165, 1.54) is 60.7 Å². The van der Waals surface area contributed by atoms with Crippen molar-refractivity contribution in [2.24, 2.45) is 0 Å². The Bertz CT molecular complexity index is 3450. The van der Waals surface area contributed by atoms with Gasteiger partial charge in [0, 0.05) is 38.5 Å². The first-order valence-corrected chi connectivity index (χ1v) is 20.6. The van der Waals surface area contributed by atoms with Crippen molar-refractivity contribution in [3.05, 3.63) is 211 Å². The van der Waals surface area contributed by atoms with Gasteiger partial charge in [0.2, 0.25) is 5.89 Å². The van der Waals surface area contributed by atoms with Gasteiger partial charge < -0.3 is 13.9 Å². The quantitative estimate of drug-likeness (QED) is 0.169. The maximum Gasteiger partial charge on any atom is 0.227 e. The summed E-state index contributed by atoms with van der Waals surface area (Å²) in [6.07, 6.45) is 0. The summed E-state index contributed by atoms with van der Waals surface area (Å²) < 4.78 is 9.16. The summed E-state index contributed by atoms with van der Waals surface area (Å²) in [4.78, 5) is 7.32. The monoisotopic (exact) mass is 769 g/mol. The molecule has 12 rings (SSSR count). The normalized spacial score (nSPS) is 13.0. The van der Waals surface area contributed by atoms with Crippen LogP contribution in [0.5, 0.6) is 0 Å². The van der Waals surface area contributed by atoms with Crippen molar-refractivity contribution >= 4 is 60.7 Å². The summed E-state index contributed by atoms with van der Waals surface area (Å²) in [6.45, 7) is 4.70. The Hall–Kier alpha value is -7.69. The Balaban J connectivity index is 1.08. The summed E-state index contributed by atoms with van der Waals surface area (Å²) >= 11 is 0. The number of hydrogen-bond acceptors (Lipinski definition) is 3. The van der Waals surface area contributed by atoms with Crippen LogP contribution in [-0.4, -0.2) is 9.55 Å². The molecule has 11 aromatic rings. The van der Waals surface area contributed by atoms with Crippen molar-refractivity contribution in [1.29, 1.82) is 0 Å². The molecule has 0 bridgehead atoms. The summed E-state index contributed by atoms with van der Waals surface area (Å²) in [5, 5.41) is 4.79. The van der Waals surface area contributed by atoms with Crippen LogP contribution in [0.2, 0.25) is 0 Å². The molecule has 0 unspecified atom stereocenters. The average Bonchev–Trinajstić information content (AvgIpc) is 3.96. The summed E-state index contributed by atoms with van der Waals surface area (Å²) in [6, 6.07) is 71.8. The van der Waals surface area contributed by atoms with E-state index >= 15 is 0 Å². The SMILES string of the molecule is CC1(C)c2ccccc2-c2ccc(-n3c4ccccc4c4c5cccc(N(c6ccc(-c7ccccc7)cc6)c6cccc7nc(-c8ccccc8)oc67)c5ccc43)cc21. The summed E-state index contributed by atoms with van der Waals surface area (Å²) in [5.74, 6) is 0.601. The molecule has 4 nitrogen and oxygen atoms in total. The van der Waals surface area contributed by atoms with Crippen molar-refractivity contribution in [3.63, 3.8) is 0 Å². The van der Waals surface area contributed by atoms with Crippen molar-refractivity contribution in [2.45, 2.75) is 19.3 Å². The van der Waals surface area contributed by atoms with Crippen LogP contribution >= 0.6 is 0 Å². The summed E-state index contributed by atoms with van der Waals surface area (Å²) in [7, 11) is 0. The molecular weight excluding hydrogens is 731 g/mol. The Labute approximate surface area is 348 Å². The minimum absolute atomic E-state index is 0.0979. The first-order chi connectivity index (χ1) is 29.5. The molecule has 9 aromatic carbocycles. The van der Waals surface area contributed by atoms with E-state index in [4.69, 9.17) is 9.40 Å². The lowest BCUT2D eigenvalue weighted by Crippen LogP contribution is -2.15. The lowest BCUT2D eigenvalue weighted by molar-refractivity contribution is 0.620. The molecule has 2 heterocycles. The molecule has 0 saturated heterocycles. The predicted octanol–water partition coefficient (Wildman–Crippen LogP) is 15.2. The second-order valence-corrected chi connectivity index (χ2v) is 16.3. The number of nitrogens with zero attached hydrogens (tertiary/aromatic N) is 3. The Kier molecular flexibility index (Phi) is 7.54. The van der Waals surface area contributed by atoms with Gasteiger partial charge in [0.1, 0.15) is 5.52 Å². The van der Waals surface area contributed by atoms with Crippen LogP contribution in [0.25, 0.3) is 83.1 Å². The molecule has 0 atom stereocenters. The fraction of sp³-hybridized carbons (Fsp3) is 0.0536. The van der Waals surface area contributed by atoms with Gasteiger partial charge in [-0.15, -0.1) is 0 Å². The number of anilines is 3. The number of fused-ring (bicyclic) bond motifs is 9. The minimum atomic E-state index is -0.0979. The number of oxazole rings is 1. The highest BCUT2D eigenvalue weighted by atomic mass is 16.3. The molecule has 1 aliphatic rings. The molecule has 2 aromatic heterocycles. The smallest absolute Gasteiger partial charge is 0.227 e. The molecule has 0 saturated carbocycles. The first kappa shape index (κ1) is 34.4. The van der Waals surface area contributed by atoms with Gasteiger partial charge in [0.15, 0.2) is 5.58 Å². The van der Waals surface area contributed by atoms with Gasteiger partial charge in [-0.3, -0.25) is 0 Å². The maximum absolute atomic E-state index is 6.71. The lowest BCUT2D eigenvalue weighted by atomic mass is 9.82. The molecular formula is C56H39N3O. The van der Waals surface area contributed by atoms with Gasteiger partial charge in [0.05, 0.1) is 22.4 Å². The topological polar surface area (TPSA) is 34.2 Å². The molecule has 0 fully saturated rings. The number of rotatable bonds is 6. The third-order valence-corrected chi connectivity index (χ3v) is 12.6. The standard InChI is InChI=1S/C56H39N3O/c1-56(2)46-22-11-9-19-41(46)42-32-31-40(35-47(42)56)59-50-24-12-10-20-45(50)53-44-21-13-25-49(43(44)33-34-51(53)59)58(39-29-27-37(28-30-39)36-15-5-3-6-16-36)52-26-14-23-48-54(52)60-55(57-48)38-17-7-4-8-18-38/h3-35H,1-2H3. The zero-order chi connectivity index (χ0) is 40.0. The zero-order valence-corrected chi connectivity index (χ0v) is 33.3. The average molecular weight is 770 g/mol. The number of aromatic nitrogens is 2. The van der Waals surface area contributed by atoms with Gasteiger partial charge in [-0.05, 0) is 105 Å². The van der Waals surface area contributed by atoms with E-state index in [0.717, 1.165) is 44.7 Å². The van der Waals surface area contributed by atoms with Crippen LogP contribution in [-0.2, 0) is 5.41 Å². The minimum Gasteiger partial charge on any atom is -0.434 e. The van der Waals surface area contributed by atoms with E-state index in [9.17, 15) is 0 Å². The molecule has 0 N–H and O–H groups in total. The van der Waals surface area contributed by atoms with E-state index in [1.807, 2.05) is 36.4 Å². The van der Waals surface area contributed by atoms with Crippen molar-refractivity contribution < 1.29 is 4.42 Å². The molecule has 0 amide bonds. The molecule has 0 radical (unpaired) electrons. The number of para-hydroxylation sites is 2. The van der Waals surface area contributed by atoms with Crippen LogP contribution in [0.4, 0.5) is 17.1 Å². The first-order valence-electron chi connectivity index (χ1n) is 20.6. The molecule has 0 aliphatic heterocycles. The van der Waals surface area contributed by atoms with Crippen LogP contribution < -0.4 is 4.90 Å². The molecule has 4 heteroatoms. The lowest BCUT2D eigenvalue weighted by Gasteiger charge is -2.27. The van der Waals surface area contributed by atoms with Crippen molar-refractivity contribution in [3.8, 4) is 39.4 Å². The fourth-order valence-corrected chi connectivity index (χ4v) is 9.77. The fourth-order valence-electron chi connectivity index (χ4n) is 9.77. The van der Waals surface area contributed by atoms with Gasteiger partial charge in [-0.2, -0.15) is 0 Å². The third kappa shape index (κ3) is 5.14. The van der Waals surface area contributed by atoms with Gasteiger partial charge in [-0.1, -0.05) is 147 Å². The van der Waals surface area contributed by atoms with Gasteiger partial charge >= 0.3 is 0 Å². The van der Waals surface area contributed by atoms with E-state index in [0.29, 0.717) is 5.89 Å². The van der Waals surface area contributed by atoms with Crippen molar-refractivity contribution in [2.75, 3.05) is 4.90 Å². The van der Waals surface area contributed by atoms with E-state index in [-0.39, 0.29) is 5.41 Å². The highest BCUT2D eigenvalue weighted by molar-refractivity contribution is 6.23. The molecule has 284 valence electrons.